The Kier molecular flexibility index (Phi) is 5.06. The largest absolute Gasteiger partial charge is 0.372 e. The maximum Gasteiger partial charge on any atom is 0.0726 e. The summed E-state index contributed by atoms with van der Waals surface area (Å²) >= 11 is 0. The predicted octanol–water partition coefficient (Wildman–Crippen LogP) is 2.89. The molecule has 1 saturated heterocycles. The predicted molar refractivity (Wildman–Crippen MR) is 85.4 cm³/mol. The van der Waals surface area contributed by atoms with E-state index < -0.39 is 0 Å². The van der Waals surface area contributed by atoms with Crippen LogP contribution in [0.4, 0.5) is 5.69 Å². The van der Waals surface area contributed by atoms with Crippen LogP contribution in [0, 0.1) is 6.92 Å². The van der Waals surface area contributed by atoms with E-state index in [1.54, 1.807) is 0 Å². The van der Waals surface area contributed by atoms with Crippen LogP contribution in [0.1, 0.15) is 38.3 Å². The summed E-state index contributed by atoms with van der Waals surface area (Å²) in [6, 6.07) is 6.97. The van der Waals surface area contributed by atoms with Gasteiger partial charge in [-0.3, -0.25) is 0 Å². The van der Waals surface area contributed by atoms with Gasteiger partial charge in [-0.05, 0) is 45.2 Å². The lowest BCUT2D eigenvalue weighted by atomic mass is 9.99. The molecule has 1 aliphatic rings. The van der Waals surface area contributed by atoms with Crippen molar-refractivity contribution in [2.75, 3.05) is 18.0 Å². The highest BCUT2D eigenvalue weighted by atomic mass is 16.5. The van der Waals surface area contributed by atoms with Gasteiger partial charge < -0.3 is 15.4 Å². The molecule has 0 aromatic heterocycles. The topological polar surface area (TPSA) is 38.5 Å². The first-order chi connectivity index (χ1) is 9.49. The van der Waals surface area contributed by atoms with Crippen molar-refractivity contribution in [2.45, 2.75) is 58.8 Å². The Bertz CT molecular complexity index is 437. The minimum absolute atomic E-state index is 0.242. The Morgan fingerprint density at radius 3 is 2.55 bits per heavy atom. The Morgan fingerprint density at radius 1 is 1.30 bits per heavy atom. The standard InChI is InChI=1S/C17H28N2O/c1-5-16(18)9-15-8-12(2)6-7-17(15)19-10-13(3)20-14(4)11-19/h6-8,13-14,16H,5,9-11,18H2,1-4H3. The van der Waals surface area contributed by atoms with Gasteiger partial charge in [0.05, 0.1) is 12.2 Å². The molecule has 3 atom stereocenters. The van der Waals surface area contributed by atoms with E-state index in [1.807, 2.05) is 0 Å². The normalized spacial score (nSPS) is 24.8. The number of anilines is 1. The quantitative estimate of drug-likeness (QED) is 0.919. The molecule has 1 aromatic rings. The van der Waals surface area contributed by atoms with Crippen LogP contribution in [-0.2, 0) is 11.2 Å². The molecule has 20 heavy (non-hydrogen) atoms. The summed E-state index contributed by atoms with van der Waals surface area (Å²) in [5.74, 6) is 0. The Morgan fingerprint density at radius 2 is 1.95 bits per heavy atom. The van der Waals surface area contributed by atoms with Gasteiger partial charge in [0.2, 0.25) is 0 Å². The maximum absolute atomic E-state index is 6.16. The first kappa shape index (κ1) is 15.3. The van der Waals surface area contributed by atoms with Gasteiger partial charge in [-0.1, -0.05) is 24.6 Å². The van der Waals surface area contributed by atoms with Gasteiger partial charge in [-0.15, -0.1) is 0 Å². The number of nitrogens with two attached hydrogens (primary N) is 1. The summed E-state index contributed by atoms with van der Waals surface area (Å²) in [5.41, 5.74) is 10.2. The monoisotopic (exact) mass is 276 g/mol. The molecular weight excluding hydrogens is 248 g/mol. The fraction of sp³-hybridized carbons (Fsp3) is 0.647. The van der Waals surface area contributed by atoms with Crippen LogP contribution in [0.3, 0.4) is 0 Å². The van der Waals surface area contributed by atoms with Crippen LogP contribution in [0.2, 0.25) is 0 Å². The summed E-state index contributed by atoms with van der Waals surface area (Å²) in [6.07, 6.45) is 2.54. The number of ether oxygens (including phenoxy) is 1. The molecule has 0 amide bonds. The lowest BCUT2D eigenvalue weighted by Gasteiger charge is -2.38. The molecule has 1 aromatic carbocycles. The summed E-state index contributed by atoms with van der Waals surface area (Å²) in [5, 5.41) is 0. The molecule has 112 valence electrons. The molecule has 2 rings (SSSR count). The number of morpholine rings is 1. The van der Waals surface area contributed by atoms with Crippen LogP contribution in [0.5, 0.6) is 0 Å². The zero-order chi connectivity index (χ0) is 14.7. The molecule has 0 bridgehead atoms. The summed E-state index contributed by atoms with van der Waals surface area (Å²) < 4.78 is 5.84. The SMILES string of the molecule is CCC(N)Cc1cc(C)ccc1N1CC(C)OC(C)C1. The highest BCUT2D eigenvalue weighted by molar-refractivity contribution is 5.56. The number of hydrogen-bond acceptors (Lipinski definition) is 3. The van der Waals surface area contributed by atoms with Crippen LogP contribution in [0.15, 0.2) is 18.2 Å². The molecule has 0 radical (unpaired) electrons. The summed E-state index contributed by atoms with van der Waals surface area (Å²) in [7, 11) is 0. The number of rotatable bonds is 4. The average Bonchev–Trinajstić information content (AvgIpc) is 2.37. The van der Waals surface area contributed by atoms with Gasteiger partial charge in [0.1, 0.15) is 0 Å². The molecule has 1 heterocycles. The van der Waals surface area contributed by atoms with Crippen molar-refractivity contribution in [2.24, 2.45) is 5.73 Å². The smallest absolute Gasteiger partial charge is 0.0726 e. The Labute approximate surface area is 123 Å². The minimum atomic E-state index is 0.242. The van der Waals surface area contributed by atoms with Crippen molar-refractivity contribution in [3.63, 3.8) is 0 Å². The van der Waals surface area contributed by atoms with Gasteiger partial charge >= 0.3 is 0 Å². The number of aryl methyl sites for hydroxylation is 1. The highest BCUT2D eigenvalue weighted by Crippen LogP contribution is 2.26. The molecule has 3 heteroatoms. The lowest BCUT2D eigenvalue weighted by molar-refractivity contribution is -0.00526. The van der Waals surface area contributed by atoms with Crippen LogP contribution >= 0.6 is 0 Å². The Balaban J connectivity index is 2.25. The van der Waals surface area contributed by atoms with Gasteiger partial charge in [0.25, 0.3) is 0 Å². The fourth-order valence-corrected chi connectivity index (χ4v) is 2.99. The summed E-state index contributed by atoms with van der Waals surface area (Å²) in [6.45, 7) is 10.5. The third-order valence-corrected chi connectivity index (χ3v) is 4.00. The first-order valence-electron chi connectivity index (χ1n) is 7.75. The number of nitrogens with zero attached hydrogens (tertiary/aromatic N) is 1. The van der Waals surface area contributed by atoms with E-state index in [2.05, 4.69) is 50.8 Å². The van der Waals surface area contributed by atoms with E-state index in [4.69, 9.17) is 10.5 Å². The van der Waals surface area contributed by atoms with Crippen LogP contribution in [-0.4, -0.2) is 31.3 Å². The van der Waals surface area contributed by atoms with E-state index in [9.17, 15) is 0 Å². The fourth-order valence-electron chi connectivity index (χ4n) is 2.99. The second-order valence-corrected chi connectivity index (χ2v) is 6.17. The third-order valence-electron chi connectivity index (χ3n) is 4.00. The van der Waals surface area contributed by atoms with Crippen LogP contribution < -0.4 is 10.6 Å². The average molecular weight is 276 g/mol. The van der Waals surface area contributed by atoms with Crippen LogP contribution in [0.25, 0.3) is 0 Å². The molecule has 1 fully saturated rings. The van der Waals surface area contributed by atoms with E-state index in [0.29, 0.717) is 0 Å². The lowest BCUT2D eigenvalue weighted by Crippen LogP contribution is -2.46. The first-order valence-corrected chi connectivity index (χ1v) is 7.75. The van der Waals surface area contributed by atoms with Crippen molar-refractivity contribution in [3.8, 4) is 0 Å². The highest BCUT2D eigenvalue weighted by Gasteiger charge is 2.24. The zero-order valence-electron chi connectivity index (χ0n) is 13.2. The van der Waals surface area contributed by atoms with Gasteiger partial charge in [0, 0.05) is 24.8 Å². The molecule has 3 nitrogen and oxygen atoms in total. The van der Waals surface area contributed by atoms with Gasteiger partial charge in [-0.2, -0.15) is 0 Å². The van der Waals surface area contributed by atoms with E-state index in [0.717, 1.165) is 25.9 Å². The maximum atomic E-state index is 6.16. The second kappa shape index (κ2) is 6.59. The molecular formula is C17H28N2O. The number of hydrogen-bond donors (Lipinski definition) is 1. The zero-order valence-corrected chi connectivity index (χ0v) is 13.2. The van der Waals surface area contributed by atoms with Crippen molar-refractivity contribution in [1.82, 2.24) is 0 Å². The minimum Gasteiger partial charge on any atom is -0.372 e. The Hall–Kier alpha value is -1.06. The second-order valence-electron chi connectivity index (χ2n) is 6.17. The van der Waals surface area contributed by atoms with E-state index in [-0.39, 0.29) is 18.2 Å². The molecule has 0 aliphatic carbocycles. The molecule has 3 unspecified atom stereocenters. The van der Waals surface area contributed by atoms with Crippen molar-refractivity contribution in [3.05, 3.63) is 29.3 Å². The van der Waals surface area contributed by atoms with Gasteiger partial charge in [-0.25, -0.2) is 0 Å². The number of benzene rings is 1. The molecule has 2 N–H and O–H groups in total. The molecule has 0 spiro atoms. The molecule has 1 aliphatic heterocycles. The van der Waals surface area contributed by atoms with Crippen molar-refractivity contribution >= 4 is 5.69 Å². The van der Waals surface area contributed by atoms with Gasteiger partial charge in [0.15, 0.2) is 0 Å². The molecule has 0 saturated carbocycles. The third kappa shape index (κ3) is 3.74. The summed E-state index contributed by atoms with van der Waals surface area (Å²) in [4.78, 5) is 2.45. The van der Waals surface area contributed by atoms with E-state index in [1.165, 1.54) is 16.8 Å². The van der Waals surface area contributed by atoms with Crippen molar-refractivity contribution in [1.29, 1.82) is 0 Å². The van der Waals surface area contributed by atoms with Crippen molar-refractivity contribution < 1.29 is 4.74 Å². The van der Waals surface area contributed by atoms with E-state index >= 15 is 0 Å².